The molecule has 2 aromatic rings. The van der Waals surface area contributed by atoms with Crippen LogP contribution in [0.2, 0.25) is 0 Å². The quantitative estimate of drug-likeness (QED) is 0.885. The average molecular weight is 301 g/mol. The minimum Gasteiger partial charge on any atom is -0.387 e. The van der Waals surface area contributed by atoms with Crippen LogP contribution in [0.1, 0.15) is 35.4 Å². The van der Waals surface area contributed by atoms with E-state index in [2.05, 4.69) is 17.3 Å². The van der Waals surface area contributed by atoms with E-state index in [0.717, 1.165) is 29.8 Å². The maximum absolute atomic E-state index is 10.3. The summed E-state index contributed by atoms with van der Waals surface area (Å²) in [4.78, 5) is 0. The van der Waals surface area contributed by atoms with Crippen molar-refractivity contribution in [2.75, 3.05) is 13.2 Å². The summed E-state index contributed by atoms with van der Waals surface area (Å²) < 4.78 is 7.75. The first kappa shape index (κ1) is 15.2. The zero-order valence-electron chi connectivity index (χ0n) is 13.1. The number of aromatic nitrogens is 2. The third-order valence-electron chi connectivity index (χ3n) is 4.43. The molecule has 1 fully saturated rings. The Balaban J connectivity index is 1.63. The highest BCUT2D eigenvalue weighted by Gasteiger charge is 2.32. The SMILES string of the molecule is Cc1c([C@H]2OCC[C@@H]2NC[C@H](O)c2ccccc2)cnn1C. The topological polar surface area (TPSA) is 59.3 Å². The number of benzene rings is 1. The fraction of sp³-hybridized carbons (Fsp3) is 0.471. The maximum Gasteiger partial charge on any atom is 0.101 e. The van der Waals surface area contributed by atoms with Crippen LogP contribution in [0.3, 0.4) is 0 Å². The number of rotatable bonds is 5. The van der Waals surface area contributed by atoms with Crippen LogP contribution >= 0.6 is 0 Å². The summed E-state index contributed by atoms with van der Waals surface area (Å²) in [6, 6.07) is 9.94. The maximum atomic E-state index is 10.3. The largest absolute Gasteiger partial charge is 0.387 e. The first-order valence-electron chi connectivity index (χ1n) is 7.73. The van der Waals surface area contributed by atoms with Crippen LogP contribution < -0.4 is 5.32 Å². The fourth-order valence-electron chi connectivity index (χ4n) is 2.96. The van der Waals surface area contributed by atoms with Crippen molar-refractivity contribution in [3.05, 3.63) is 53.3 Å². The second-order valence-electron chi connectivity index (χ2n) is 5.83. The van der Waals surface area contributed by atoms with E-state index in [4.69, 9.17) is 4.74 Å². The van der Waals surface area contributed by atoms with E-state index in [0.29, 0.717) is 6.54 Å². The van der Waals surface area contributed by atoms with E-state index < -0.39 is 6.10 Å². The van der Waals surface area contributed by atoms with Gasteiger partial charge >= 0.3 is 0 Å². The Kier molecular flexibility index (Phi) is 4.57. The zero-order chi connectivity index (χ0) is 15.5. The molecule has 2 heterocycles. The van der Waals surface area contributed by atoms with Gasteiger partial charge in [-0.3, -0.25) is 4.68 Å². The summed E-state index contributed by atoms with van der Waals surface area (Å²) in [5, 5.41) is 18.0. The van der Waals surface area contributed by atoms with Crippen molar-refractivity contribution in [1.29, 1.82) is 0 Å². The van der Waals surface area contributed by atoms with Crippen molar-refractivity contribution < 1.29 is 9.84 Å². The predicted molar refractivity (Wildman–Crippen MR) is 84.4 cm³/mol. The van der Waals surface area contributed by atoms with Gasteiger partial charge in [0.15, 0.2) is 0 Å². The fourth-order valence-corrected chi connectivity index (χ4v) is 2.96. The van der Waals surface area contributed by atoms with E-state index in [1.54, 1.807) is 0 Å². The lowest BCUT2D eigenvalue weighted by atomic mass is 10.0. The summed E-state index contributed by atoms with van der Waals surface area (Å²) in [6.45, 7) is 3.31. The molecule has 1 aromatic carbocycles. The Bertz CT molecular complexity index is 612. The van der Waals surface area contributed by atoms with Gasteiger partial charge in [0, 0.05) is 37.5 Å². The monoisotopic (exact) mass is 301 g/mol. The zero-order valence-corrected chi connectivity index (χ0v) is 13.1. The molecule has 5 heteroatoms. The van der Waals surface area contributed by atoms with E-state index in [1.807, 2.05) is 48.3 Å². The van der Waals surface area contributed by atoms with E-state index in [1.165, 1.54) is 0 Å². The lowest BCUT2D eigenvalue weighted by Gasteiger charge is -2.21. The third-order valence-corrected chi connectivity index (χ3v) is 4.43. The van der Waals surface area contributed by atoms with Gasteiger partial charge in [0.1, 0.15) is 6.10 Å². The first-order valence-corrected chi connectivity index (χ1v) is 7.73. The van der Waals surface area contributed by atoms with Crippen molar-refractivity contribution in [3.63, 3.8) is 0 Å². The molecule has 1 aliphatic rings. The molecule has 0 saturated carbocycles. The second-order valence-corrected chi connectivity index (χ2v) is 5.83. The predicted octanol–water partition coefficient (Wildman–Crippen LogP) is 1.88. The summed E-state index contributed by atoms with van der Waals surface area (Å²) in [7, 11) is 1.94. The number of hydrogen-bond donors (Lipinski definition) is 2. The van der Waals surface area contributed by atoms with Gasteiger partial charge in [-0.15, -0.1) is 0 Å². The molecule has 0 amide bonds. The van der Waals surface area contributed by atoms with Gasteiger partial charge < -0.3 is 15.2 Å². The van der Waals surface area contributed by atoms with Crippen molar-refractivity contribution in [2.24, 2.45) is 7.05 Å². The Morgan fingerprint density at radius 3 is 2.86 bits per heavy atom. The van der Waals surface area contributed by atoms with Crippen LogP contribution in [-0.4, -0.2) is 34.1 Å². The van der Waals surface area contributed by atoms with Crippen LogP contribution in [0, 0.1) is 6.92 Å². The van der Waals surface area contributed by atoms with Crippen LogP contribution in [-0.2, 0) is 11.8 Å². The number of aliphatic hydroxyl groups is 1. The number of ether oxygens (including phenoxy) is 1. The first-order chi connectivity index (χ1) is 10.7. The third kappa shape index (κ3) is 3.06. The van der Waals surface area contributed by atoms with Gasteiger partial charge in [-0.25, -0.2) is 0 Å². The Morgan fingerprint density at radius 2 is 2.18 bits per heavy atom. The molecular formula is C17H23N3O2. The smallest absolute Gasteiger partial charge is 0.101 e. The van der Waals surface area contributed by atoms with Crippen molar-refractivity contribution in [3.8, 4) is 0 Å². The highest BCUT2D eigenvalue weighted by molar-refractivity contribution is 5.22. The molecule has 1 aromatic heterocycles. The molecule has 22 heavy (non-hydrogen) atoms. The Hall–Kier alpha value is -1.69. The van der Waals surface area contributed by atoms with Gasteiger partial charge in [0.05, 0.1) is 12.3 Å². The van der Waals surface area contributed by atoms with Crippen molar-refractivity contribution >= 4 is 0 Å². The van der Waals surface area contributed by atoms with Gasteiger partial charge in [-0.05, 0) is 18.9 Å². The summed E-state index contributed by atoms with van der Waals surface area (Å²) in [6.07, 6.45) is 2.34. The number of nitrogens with zero attached hydrogens (tertiary/aromatic N) is 2. The second kappa shape index (κ2) is 6.60. The van der Waals surface area contributed by atoms with Gasteiger partial charge in [0.2, 0.25) is 0 Å². The number of aliphatic hydroxyl groups excluding tert-OH is 1. The van der Waals surface area contributed by atoms with Crippen molar-refractivity contribution in [1.82, 2.24) is 15.1 Å². The average Bonchev–Trinajstić information content (AvgIpc) is 3.13. The van der Waals surface area contributed by atoms with E-state index in [-0.39, 0.29) is 12.1 Å². The molecule has 0 spiro atoms. The highest BCUT2D eigenvalue weighted by Crippen LogP contribution is 2.31. The molecule has 1 aliphatic heterocycles. The van der Waals surface area contributed by atoms with E-state index in [9.17, 15) is 5.11 Å². The summed E-state index contributed by atoms with van der Waals surface area (Å²) in [5.74, 6) is 0. The van der Waals surface area contributed by atoms with Crippen molar-refractivity contribution in [2.45, 2.75) is 31.6 Å². The van der Waals surface area contributed by atoms with Gasteiger partial charge in [-0.1, -0.05) is 30.3 Å². The molecular weight excluding hydrogens is 278 g/mol. The molecule has 0 radical (unpaired) electrons. The Morgan fingerprint density at radius 1 is 1.41 bits per heavy atom. The minimum absolute atomic E-state index is 0.0108. The van der Waals surface area contributed by atoms with Crippen LogP contribution in [0.15, 0.2) is 36.5 Å². The number of nitrogens with one attached hydrogen (secondary N) is 1. The highest BCUT2D eigenvalue weighted by atomic mass is 16.5. The van der Waals surface area contributed by atoms with E-state index >= 15 is 0 Å². The number of aryl methyl sites for hydroxylation is 1. The molecule has 118 valence electrons. The minimum atomic E-state index is -0.502. The molecule has 1 saturated heterocycles. The summed E-state index contributed by atoms with van der Waals surface area (Å²) in [5.41, 5.74) is 3.19. The lowest BCUT2D eigenvalue weighted by molar-refractivity contribution is 0.0929. The molecule has 2 N–H and O–H groups in total. The molecule has 0 bridgehead atoms. The van der Waals surface area contributed by atoms with Crippen LogP contribution in [0.25, 0.3) is 0 Å². The Labute approximate surface area is 130 Å². The van der Waals surface area contributed by atoms with Gasteiger partial charge in [-0.2, -0.15) is 5.10 Å². The lowest BCUT2D eigenvalue weighted by Crippen LogP contribution is -2.35. The van der Waals surface area contributed by atoms with Gasteiger partial charge in [0.25, 0.3) is 0 Å². The molecule has 0 unspecified atom stereocenters. The number of hydrogen-bond acceptors (Lipinski definition) is 4. The van der Waals surface area contributed by atoms with Crippen LogP contribution in [0.4, 0.5) is 0 Å². The molecule has 0 aliphatic carbocycles. The molecule has 3 rings (SSSR count). The van der Waals surface area contributed by atoms with Crippen LogP contribution in [0.5, 0.6) is 0 Å². The standard InChI is InChI=1S/C17H23N3O2/c1-12-14(10-19-20(12)2)17-15(8-9-22-17)18-11-16(21)13-6-4-3-5-7-13/h3-7,10,15-18,21H,8-9,11H2,1-2H3/t15-,16-,17+/m0/s1. The summed E-state index contributed by atoms with van der Waals surface area (Å²) >= 11 is 0. The normalized spacial score (nSPS) is 22.9. The molecule has 3 atom stereocenters. The molecule has 5 nitrogen and oxygen atoms in total.